The monoisotopic (exact) mass is 661 g/mol. The van der Waals surface area contributed by atoms with E-state index in [9.17, 15) is 0 Å². The number of hydrogen-bond acceptors (Lipinski definition) is 3. The quantitative estimate of drug-likeness (QED) is 0.177. The molecule has 0 saturated carbocycles. The highest BCUT2D eigenvalue weighted by Crippen LogP contribution is 2.43. The van der Waals surface area contributed by atoms with Gasteiger partial charge in [0.15, 0.2) is 17.5 Å². The zero-order valence-electron chi connectivity index (χ0n) is 27.8. The van der Waals surface area contributed by atoms with Gasteiger partial charge in [-0.15, -0.1) is 0 Å². The van der Waals surface area contributed by atoms with Crippen LogP contribution in [0.3, 0.4) is 0 Å². The smallest absolute Gasteiger partial charge is 0.164 e. The van der Waals surface area contributed by atoms with Crippen molar-refractivity contribution in [3.63, 3.8) is 0 Å². The molecule has 5 heteroatoms. The molecule has 52 heavy (non-hydrogen) atoms. The second-order valence-corrected chi connectivity index (χ2v) is 13.6. The van der Waals surface area contributed by atoms with E-state index in [2.05, 4.69) is 136 Å². The number of hydrogen-bond donors (Lipinski definition) is 0. The van der Waals surface area contributed by atoms with Crippen molar-refractivity contribution < 1.29 is 0 Å². The SMILES string of the molecule is c1ccc(-c2nc(-c3ccccc3)nc(-c3ccc4c5cccc6c5n(c4c3)c3cccc4ccc5ccc7c8ccccc8n6c7c5c43)n2)cc1. The van der Waals surface area contributed by atoms with Crippen molar-refractivity contribution in [1.82, 2.24) is 23.8 Å². The first-order chi connectivity index (χ1) is 25.8. The Labute approximate surface area is 297 Å². The van der Waals surface area contributed by atoms with E-state index >= 15 is 0 Å². The molecule has 0 fully saturated rings. The average Bonchev–Trinajstić information content (AvgIpc) is 3.73. The Morgan fingerprint density at radius 2 is 0.827 bits per heavy atom. The first-order valence-electron chi connectivity index (χ1n) is 17.6. The molecule has 0 aliphatic rings. The Morgan fingerprint density at radius 3 is 1.60 bits per heavy atom. The van der Waals surface area contributed by atoms with Gasteiger partial charge in [0, 0.05) is 49.0 Å². The summed E-state index contributed by atoms with van der Waals surface area (Å²) in [7, 11) is 0. The topological polar surface area (TPSA) is 47.5 Å². The molecule has 240 valence electrons. The number of benzene rings is 8. The van der Waals surface area contributed by atoms with Gasteiger partial charge in [-0.25, -0.2) is 15.0 Å². The molecule has 0 atom stereocenters. The van der Waals surface area contributed by atoms with E-state index in [0.29, 0.717) is 17.5 Å². The van der Waals surface area contributed by atoms with Gasteiger partial charge in [0.2, 0.25) is 0 Å². The van der Waals surface area contributed by atoms with Crippen LogP contribution in [0, 0.1) is 0 Å². The molecule has 0 bridgehead atoms. The highest BCUT2D eigenvalue weighted by Gasteiger charge is 2.22. The van der Waals surface area contributed by atoms with E-state index in [1.807, 2.05) is 36.4 Å². The maximum absolute atomic E-state index is 5.10. The number of aromatic nitrogens is 5. The summed E-state index contributed by atoms with van der Waals surface area (Å²) in [6.07, 6.45) is 0. The molecule has 4 heterocycles. The van der Waals surface area contributed by atoms with Crippen LogP contribution in [-0.2, 0) is 0 Å². The van der Waals surface area contributed by atoms with Crippen molar-refractivity contribution in [1.29, 1.82) is 0 Å². The number of nitrogens with zero attached hydrogens (tertiary/aromatic N) is 5. The van der Waals surface area contributed by atoms with Crippen molar-refractivity contribution in [3.05, 3.63) is 164 Å². The first-order valence-corrected chi connectivity index (χ1v) is 17.6. The summed E-state index contributed by atoms with van der Waals surface area (Å²) in [5.41, 5.74) is 9.93. The van der Waals surface area contributed by atoms with Crippen LogP contribution in [-0.4, -0.2) is 23.8 Å². The minimum atomic E-state index is 0.641. The third-order valence-corrected chi connectivity index (χ3v) is 10.8. The summed E-state index contributed by atoms with van der Waals surface area (Å²) in [6.45, 7) is 0. The van der Waals surface area contributed by atoms with E-state index in [4.69, 9.17) is 15.0 Å². The van der Waals surface area contributed by atoms with E-state index in [1.54, 1.807) is 0 Å². The zero-order valence-corrected chi connectivity index (χ0v) is 27.8. The Balaban J connectivity index is 1.27. The van der Waals surface area contributed by atoms with Gasteiger partial charge < -0.3 is 8.80 Å². The molecular weight excluding hydrogens is 635 g/mol. The van der Waals surface area contributed by atoms with E-state index in [-0.39, 0.29) is 0 Å². The third-order valence-electron chi connectivity index (χ3n) is 10.8. The van der Waals surface area contributed by atoms with Gasteiger partial charge in [-0.3, -0.25) is 0 Å². The molecule has 8 aromatic carbocycles. The molecule has 0 aliphatic heterocycles. The summed E-state index contributed by atoms with van der Waals surface area (Å²) in [5, 5.41) is 9.91. The van der Waals surface area contributed by atoms with Crippen molar-refractivity contribution >= 4 is 76.2 Å². The Kier molecular flexibility index (Phi) is 5.44. The molecule has 0 N–H and O–H groups in total. The van der Waals surface area contributed by atoms with Gasteiger partial charge in [0.05, 0.1) is 33.1 Å². The Morgan fingerprint density at radius 1 is 0.308 bits per heavy atom. The number of para-hydroxylation sites is 2. The molecule has 4 aromatic heterocycles. The lowest BCUT2D eigenvalue weighted by atomic mass is 9.98. The summed E-state index contributed by atoms with van der Waals surface area (Å²) in [5.74, 6) is 1.94. The second-order valence-electron chi connectivity index (χ2n) is 13.6. The van der Waals surface area contributed by atoms with Gasteiger partial charge >= 0.3 is 0 Å². The molecule has 0 radical (unpaired) electrons. The predicted molar refractivity (Wildman–Crippen MR) is 214 cm³/mol. The minimum absolute atomic E-state index is 0.641. The zero-order chi connectivity index (χ0) is 33.9. The van der Waals surface area contributed by atoms with Crippen LogP contribution in [0.25, 0.3) is 110 Å². The Bertz CT molecular complexity index is 3340. The maximum atomic E-state index is 5.10. The number of fused-ring (bicyclic) bond motifs is 8. The summed E-state index contributed by atoms with van der Waals surface area (Å²) >= 11 is 0. The summed E-state index contributed by atoms with van der Waals surface area (Å²) in [6, 6.07) is 58.4. The van der Waals surface area contributed by atoms with E-state index in [0.717, 1.165) is 22.2 Å². The lowest BCUT2D eigenvalue weighted by Gasteiger charge is -2.14. The van der Waals surface area contributed by atoms with Gasteiger partial charge in [-0.05, 0) is 35.0 Å². The fourth-order valence-electron chi connectivity index (χ4n) is 8.62. The molecule has 5 nitrogen and oxygen atoms in total. The molecule has 12 rings (SSSR count). The normalized spacial score (nSPS) is 12.2. The van der Waals surface area contributed by atoms with Crippen molar-refractivity contribution in [2.45, 2.75) is 0 Å². The molecule has 0 saturated heterocycles. The van der Waals surface area contributed by atoms with Crippen LogP contribution in [0.5, 0.6) is 0 Å². The number of rotatable bonds is 3. The van der Waals surface area contributed by atoms with Crippen LogP contribution in [0.4, 0.5) is 0 Å². The second kappa shape index (κ2) is 10.2. The standard InChI is InChI=1S/C47H27N5/c1-3-11-30(12-4-1)45-48-46(31-13-5-2-6-14-31)50-47(49-45)32-24-25-34-35-17-10-20-39-43(35)52(40(34)27-32)38-19-9-15-28-21-22-29-23-26-36-33-16-7-8-18-37(33)51(39)44(36)42(29)41(28)38/h1-27H. The lowest BCUT2D eigenvalue weighted by Crippen LogP contribution is -2.00. The van der Waals surface area contributed by atoms with E-state index < -0.39 is 0 Å². The largest absolute Gasteiger partial charge is 0.307 e. The average molecular weight is 662 g/mol. The summed E-state index contributed by atoms with van der Waals surface area (Å²) < 4.78 is 4.99. The molecular formula is C47H27N5. The van der Waals surface area contributed by atoms with Crippen molar-refractivity contribution in [2.75, 3.05) is 0 Å². The highest BCUT2D eigenvalue weighted by atomic mass is 15.0. The summed E-state index contributed by atoms with van der Waals surface area (Å²) in [4.78, 5) is 15.1. The van der Waals surface area contributed by atoms with Crippen LogP contribution < -0.4 is 0 Å². The third kappa shape index (κ3) is 3.69. The van der Waals surface area contributed by atoms with Crippen LogP contribution in [0.2, 0.25) is 0 Å². The molecule has 0 aliphatic carbocycles. The van der Waals surface area contributed by atoms with Crippen molar-refractivity contribution in [2.24, 2.45) is 0 Å². The van der Waals surface area contributed by atoms with Crippen molar-refractivity contribution in [3.8, 4) is 34.2 Å². The fraction of sp³-hybridized carbons (Fsp3) is 0. The maximum Gasteiger partial charge on any atom is 0.164 e. The van der Waals surface area contributed by atoms with Gasteiger partial charge in [0.1, 0.15) is 0 Å². The molecule has 0 spiro atoms. The van der Waals surface area contributed by atoms with Gasteiger partial charge in [-0.1, -0.05) is 140 Å². The van der Waals surface area contributed by atoms with Gasteiger partial charge in [-0.2, -0.15) is 0 Å². The first kappa shape index (κ1) is 27.7. The fourth-order valence-corrected chi connectivity index (χ4v) is 8.62. The van der Waals surface area contributed by atoms with Crippen LogP contribution >= 0.6 is 0 Å². The van der Waals surface area contributed by atoms with Gasteiger partial charge in [0.25, 0.3) is 0 Å². The predicted octanol–water partition coefficient (Wildman–Crippen LogP) is 11.7. The molecule has 0 amide bonds. The highest BCUT2D eigenvalue weighted by molar-refractivity contribution is 6.30. The molecule has 0 unspecified atom stereocenters. The van der Waals surface area contributed by atoms with Crippen LogP contribution in [0.1, 0.15) is 0 Å². The lowest BCUT2D eigenvalue weighted by molar-refractivity contribution is 1.07. The molecule has 12 aromatic rings. The van der Waals surface area contributed by atoms with E-state index in [1.165, 1.54) is 70.7 Å². The minimum Gasteiger partial charge on any atom is -0.307 e. The Hall–Kier alpha value is -7.11. The van der Waals surface area contributed by atoms with Crippen LogP contribution in [0.15, 0.2) is 164 Å².